The summed E-state index contributed by atoms with van der Waals surface area (Å²) < 4.78 is 0. The molecule has 8 nitrogen and oxygen atoms in total. The molecule has 1 fully saturated rings. The van der Waals surface area contributed by atoms with Crippen molar-refractivity contribution in [2.24, 2.45) is 0 Å². The summed E-state index contributed by atoms with van der Waals surface area (Å²) >= 11 is 0. The third kappa shape index (κ3) is 3.85. The van der Waals surface area contributed by atoms with Crippen molar-refractivity contribution in [1.82, 2.24) is 20.1 Å². The number of aromatic nitrogens is 3. The van der Waals surface area contributed by atoms with Crippen LogP contribution in [-0.4, -0.2) is 56.2 Å². The molecule has 1 aliphatic heterocycles. The zero-order valence-electron chi connectivity index (χ0n) is 14.2. The Labute approximate surface area is 145 Å². The van der Waals surface area contributed by atoms with Gasteiger partial charge in [0.05, 0.1) is 12.2 Å². The van der Waals surface area contributed by atoms with E-state index in [1.54, 1.807) is 4.90 Å². The fourth-order valence-electron chi connectivity index (χ4n) is 3.09. The lowest BCUT2D eigenvalue weighted by Gasteiger charge is -2.20. The maximum Gasteiger partial charge on any atom is 0.320 e. The van der Waals surface area contributed by atoms with Crippen molar-refractivity contribution in [2.75, 3.05) is 18.4 Å². The van der Waals surface area contributed by atoms with E-state index in [9.17, 15) is 14.7 Å². The number of benzene rings is 1. The number of aliphatic carboxylic acids is 1. The van der Waals surface area contributed by atoms with Crippen LogP contribution in [0.25, 0.3) is 11.4 Å². The second kappa shape index (κ2) is 7.02. The Bertz CT molecular complexity index is 801. The normalized spacial score (nSPS) is 17.6. The number of carboxylic acid groups (broad SMARTS) is 1. The molecule has 1 aromatic heterocycles. The lowest BCUT2D eigenvalue weighted by molar-refractivity contribution is -0.142. The lowest BCUT2D eigenvalue weighted by Crippen LogP contribution is -2.40. The molecule has 8 heteroatoms. The number of hydrogen-bond donors (Lipinski definition) is 3. The van der Waals surface area contributed by atoms with E-state index in [-0.39, 0.29) is 12.5 Å². The molecule has 1 aliphatic rings. The molecule has 0 unspecified atom stereocenters. The third-order valence-corrected chi connectivity index (χ3v) is 4.28. The van der Waals surface area contributed by atoms with Gasteiger partial charge in [-0.25, -0.2) is 4.98 Å². The smallest absolute Gasteiger partial charge is 0.320 e. The number of carbonyl (C=O) groups excluding carboxylic acids is 1. The molecule has 25 heavy (non-hydrogen) atoms. The van der Waals surface area contributed by atoms with Gasteiger partial charge in [0.25, 0.3) is 0 Å². The third-order valence-electron chi connectivity index (χ3n) is 4.28. The zero-order valence-corrected chi connectivity index (χ0v) is 14.2. The summed E-state index contributed by atoms with van der Waals surface area (Å²) in [6, 6.07) is 5.07. The predicted molar refractivity (Wildman–Crippen MR) is 92.2 cm³/mol. The Balaban J connectivity index is 1.77. The van der Waals surface area contributed by atoms with Crippen LogP contribution in [0, 0.1) is 13.8 Å². The number of carbonyl (C=O) groups is 2. The van der Waals surface area contributed by atoms with Crippen molar-refractivity contribution >= 4 is 17.6 Å². The Hall–Kier alpha value is -2.74. The minimum Gasteiger partial charge on any atom is -0.480 e. The van der Waals surface area contributed by atoms with E-state index in [0.29, 0.717) is 30.3 Å². The number of carboxylic acids is 1. The van der Waals surface area contributed by atoms with Gasteiger partial charge in [-0.05, 0) is 50.9 Å². The van der Waals surface area contributed by atoms with Gasteiger partial charge in [0.15, 0.2) is 5.82 Å². The number of rotatable bonds is 5. The molecule has 3 rings (SSSR count). The van der Waals surface area contributed by atoms with E-state index in [1.165, 1.54) is 0 Å². The molecule has 2 aromatic rings. The molecule has 0 aliphatic carbocycles. The minimum absolute atomic E-state index is 0.0529. The van der Waals surface area contributed by atoms with Crippen molar-refractivity contribution in [3.8, 4) is 11.4 Å². The van der Waals surface area contributed by atoms with Crippen molar-refractivity contribution < 1.29 is 14.7 Å². The molecular formula is C17H21N5O3. The highest BCUT2D eigenvalue weighted by atomic mass is 16.4. The number of nitrogens with zero attached hydrogens (tertiary/aromatic N) is 3. The maximum absolute atomic E-state index is 12.4. The predicted octanol–water partition coefficient (Wildman–Crippen LogP) is 1.58. The first kappa shape index (κ1) is 17.1. The molecule has 1 amide bonds. The van der Waals surface area contributed by atoms with Crippen LogP contribution >= 0.6 is 0 Å². The summed E-state index contributed by atoms with van der Waals surface area (Å²) in [7, 11) is 0. The van der Waals surface area contributed by atoms with Crippen molar-refractivity contribution in [3.05, 3.63) is 29.6 Å². The summed E-state index contributed by atoms with van der Waals surface area (Å²) in [5.41, 5.74) is 2.34. The summed E-state index contributed by atoms with van der Waals surface area (Å²) in [5, 5.41) is 19.0. The van der Waals surface area contributed by atoms with E-state index in [0.717, 1.165) is 17.5 Å². The van der Waals surface area contributed by atoms with Gasteiger partial charge in [0.1, 0.15) is 11.9 Å². The molecule has 132 valence electrons. The van der Waals surface area contributed by atoms with Gasteiger partial charge >= 0.3 is 5.97 Å². The Kier molecular flexibility index (Phi) is 4.80. The van der Waals surface area contributed by atoms with E-state index in [4.69, 9.17) is 0 Å². The molecule has 0 spiro atoms. The van der Waals surface area contributed by atoms with Crippen LogP contribution in [0.5, 0.6) is 0 Å². The van der Waals surface area contributed by atoms with Gasteiger partial charge in [-0.15, -0.1) is 0 Å². The Morgan fingerprint density at radius 2 is 2.20 bits per heavy atom. The van der Waals surface area contributed by atoms with Crippen molar-refractivity contribution in [1.29, 1.82) is 0 Å². The van der Waals surface area contributed by atoms with Gasteiger partial charge in [0, 0.05) is 5.56 Å². The second-order valence-corrected chi connectivity index (χ2v) is 6.31. The first-order valence-corrected chi connectivity index (χ1v) is 8.21. The van der Waals surface area contributed by atoms with Gasteiger partial charge in [-0.3, -0.25) is 19.6 Å². The maximum atomic E-state index is 12.4. The van der Waals surface area contributed by atoms with Gasteiger partial charge in [0.2, 0.25) is 5.91 Å². The first-order valence-electron chi connectivity index (χ1n) is 8.21. The van der Waals surface area contributed by atoms with Crippen LogP contribution in [0.1, 0.15) is 24.2 Å². The molecular weight excluding hydrogens is 322 g/mol. The molecule has 1 saturated heterocycles. The topological polar surface area (TPSA) is 111 Å². The standard InChI is InChI=1S/C17H21N5O3/c1-10-5-6-12(16-18-11(2)20-21-16)13(8-10)19-15(23)9-22-7-3-4-14(22)17(24)25/h5-6,8,14H,3-4,7,9H2,1-2H3,(H,19,23)(H,24,25)(H,18,20,21)/t14-/m0/s1. The monoisotopic (exact) mass is 343 g/mol. The molecule has 1 aromatic carbocycles. The number of hydrogen-bond acceptors (Lipinski definition) is 5. The summed E-state index contributed by atoms with van der Waals surface area (Å²) in [6.45, 7) is 4.41. The summed E-state index contributed by atoms with van der Waals surface area (Å²) in [6.07, 6.45) is 1.37. The average molecular weight is 343 g/mol. The van der Waals surface area contributed by atoms with Crippen LogP contribution in [0.4, 0.5) is 5.69 Å². The highest BCUT2D eigenvalue weighted by molar-refractivity contribution is 5.96. The lowest BCUT2D eigenvalue weighted by atomic mass is 10.1. The highest BCUT2D eigenvalue weighted by Crippen LogP contribution is 2.26. The molecule has 0 radical (unpaired) electrons. The Morgan fingerprint density at radius 1 is 1.40 bits per heavy atom. The molecule has 0 saturated carbocycles. The number of aryl methyl sites for hydroxylation is 2. The van der Waals surface area contributed by atoms with E-state index in [2.05, 4.69) is 20.5 Å². The van der Waals surface area contributed by atoms with Crippen molar-refractivity contribution in [3.63, 3.8) is 0 Å². The van der Waals surface area contributed by atoms with Crippen LogP contribution in [0.15, 0.2) is 18.2 Å². The summed E-state index contributed by atoms with van der Waals surface area (Å²) in [4.78, 5) is 29.7. The molecule has 0 bridgehead atoms. The number of amides is 1. The van der Waals surface area contributed by atoms with Crippen molar-refractivity contribution in [2.45, 2.75) is 32.7 Å². The molecule has 3 N–H and O–H groups in total. The zero-order chi connectivity index (χ0) is 18.0. The number of nitrogens with one attached hydrogen (secondary N) is 2. The van der Waals surface area contributed by atoms with Gasteiger partial charge < -0.3 is 10.4 Å². The SMILES string of the molecule is Cc1ccc(-c2n[nH]c(C)n2)c(NC(=O)CN2CCC[C@H]2C(=O)O)c1. The highest BCUT2D eigenvalue weighted by Gasteiger charge is 2.31. The van der Waals surface area contributed by atoms with Gasteiger partial charge in [-0.1, -0.05) is 6.07 Å². The molecule has 2 heterocycles. The average Bonchev–Trinajstić information content (AvgIpc) is 3.16. The van der Waals surface area contributed by atoms with E-state index >= 15 is 0 Å². The summed E-state index contributed by atoms with van der Waals surface area (Å²) in [5.74, 6) is 0.0802. The Morgan fingerprint density at radius 3 is 2.88 bits per heavy atom. The number of aromatic amines is 1. The first-order chi connectivity index (χ1) is 11.9. The quantitative estimate of drug-likeness (QED) is 0.760. The van der Waals surface area contributed by atoms with Crippen LogP contribution in [-0.2, 0) is 9.59 Å². The van der Waals surface area contributed by atoms with Gasteiger partial charge in [-0.2, -0.15) is 5.10 Å². The fraction of sp³-hybridized carbons (Fsp3) is 0.412. The molecule has 1 atom stereocenters. The largest absolute Gasteiger partial charge is 0.480 e. The minimum atomic E-state index is -0.877. The fourth-order valence-corrected chi connectivity index (χ4v) is 3.09. The van der Waals surface area contributed by atoms with E-state index in [1.807, 2.05) is 32.0 Å². The van der Waals surface area contributed by atoms with Crippen LogP contribution in [0.2, 0.25) is 0 Å². The second-order valence-electron chi connectivity index (χ2n) is 6.31. The number of H-pyrrole nitrogens is 1. The van der Waals surface area contributed by atoms with Crippen LogP contribution < -0.4 is 5.32 Å². The van der Waals surface area contributed by atoms with Crippen LogP contribution in [0.3, 0.4) is 0 Å². The number of likely N-dealkylation sites (tertiary alicyclic amines) is 1. The van der Waals surface area contributed by atoms with E-state index < -0.39 is 12.0 Å². The number of anilines is 1.